The minimum Gasteiger partial charge on any atom is -0.494 e. The molecule has 0 amide bonds. The lowest BCUT2D eigenvalue weighted by molar-refractivity contribution is -0.138. The summed E-state index contributed by atoms with van der Waals surface area (Å²) in [5.41, 5.74) is 4.78. The van der Waals surface area contributed by atoms with Crippen molar-refractivity contribution in [3.05, 3.63) is 80.3 Å². The van der Waals surface area contributed by atoms with Gasteiger partial charge in [0.25, 0.3) is 5.56 Å². The van der Waals surface area contributed by atoms with Gasteiger partial charge in [-0.15, -0.1) is 0 Å². The van der Waals surface area contributed by atoms with E-state index in [0.29, 0.717) is 6.42 Å². The molecule has 0 bridgehead atoms. The fourth-order valence-corrected chi connectivity index (χ4v) is 4.62. The highest BCUT2D eigenvalue weighted by Crippen LogP contribution is 2.47. The van der Waals surface area contributed by atoms with Gasteiger partial charge < -0.3 is 14.7 Å². The van der Waals surface area contributed by atoms with E-state index in [2.05, 4.69) is 50.1 Å². The third-order valence-corrected chi connectivity index (χ3v) is 6.71. The highest BCUT2D eigenvalue weighted by atomic mass is 16.5. The first-order valence-corrected chi connectivity index (χ1v) is 12.9. The van der Waals surface area contributed by atoms with Crippen LogP contribution in [0.5, 0.6) is 5.88 Å². The second kappa shape index (κ2) is 12.0. The first-order valence-electron chi connectivity index (χ1n) is 12.9. The van der Waals surface area contributed by atoms with E-state index >= 15 is 0 Å². The van der Waals surface area contributed by atoms with Crippen LogP contribution < -0.4 is 16.1 Å². The lowest BCUT2D eigenvalue weighted by Crippen LogP contribution is -2.42. The van der Waals surface area contributed by atoms with Crippen molar-refractivity contribution >= 4 is 17.7 Å². The van der Waals surface area contributed by atoms with Crippen molar-refractivity contribution in [1.82, 2.24) is 9.13 Å². The number of ether oxygens (including phenoxy) is 1. The van der Waals surface area contributed by atoms with Crippen LogP contribution in [0.25, 0.3) is 6.08 Å². The minimum absolute atomic E-state index is 0.0274. The summed E-state index contributed by atoms with van der Waals surface area (Å²) in [4.78, 5) is 40.1. The van der Waals surface area contributed by atoms with Gasteiger partial charge in [-0.1, -0.05) is 57.2 Å². The SMILES string of the molecule is C=CC(=O)OCCn1c(=O)c(C=C=C2N(CCCC)c3ccccc3C2(C)C)c(O)n(CCCC)c1=O. The summed E-state index contributed by atoms with van der Waals surface area (Å²) >= 11 is 0. The van der Waals surface area contributed by atoms with E-state index in [1.54, 1.807) is 0 Å². The quantitative estimate of drug-likeness (QED) is 0.276. The van der Waals surface area contributed by atoms with Crippen LogP contribution >= 0.6 is 0 Å². The van der Waals surface area contributed by atoms with Gasteiger partial charge >= 0.3 is 11.7 Å². The number of benzene rings is 1. The van der Waals surface area contributed by atoms with Gasteiger partial charge in [0.15, 0.2) is 0 Å². The number of allylic oxidation sites excluding steroid dienone is 1. The number of nitrogens with zero attached hydrogens (tertiary/aromatic N) is 3. The van der Waals surface area contributed by atoms with Crippen molar-refractivity contribution in [2.24, 2.45) is 0 Å². The first-order chi connectivity index (χ1) is 17.7. The summed E-state index contributed by atoms with van der Waals surface area (Å²) in [7, 11) is 0. The number of anilines is 1. The van der Waals surface area contributed by atoms with E-state index in [1.165, 1.54) is 16.2 Å². The van der Waals surface area contributed by atoms with Crippen LogP contribution in [0.4, 0.5) is 5.69 Å². The van der Waals surface area contributed by atoms with Crippen LogP contribution in [0.3, 0.4) is 0 Å². The molecule has 198 valence electrons. The molecule has 3 rings (SSSR count). The van der Waals surface area contributed by atoms with Crippen molar-refractivity contribution in [2.75, 3.05) is 18.1 Å². The number of esters is 1. The van der Waals surface area contributed by atoms with Gasteiger partial charge in [0.05, 0.1) is 12.2 Å². The molecule has 0 spiro atoms. The molecule has 1 aliphatic rings. The molecule has 2 aromatic rings. The van der Waals surface area contributed by atoms with E-state index in [4.69, 9.17) is 4.74 Å². The van der Waals surface area contributed by atoms with Crippen molar-refractivity contribution in [3.63, 3.8) is 0 Å². The Morgan fingerprint density at radius 2 is 1.76 bits per heavy atom. The second-order valence-corrected chi connectivity index (χ2v) is 9.64. The highest BCUT2D eigenvalue weighted by molar-refractivity contribution is 5.81. The molecule has 8 nitrogen and oxygen atoms in total. The molecular formula is C29H37N3O5. The fraction of sp³-hybridized carbons (Fsp3) is 0.448. The van der Waals surface area contributed by atoms with Crippen LogP contribution in [0.15, 0.2) is 57.9 Å². The van der Waals surface area contributed by atoms with E-state index in [0.717, 1.165) is 47.8 Å². The lowest BCUT2D eigenvalue weighted by atomic mass is 9.84. The number of para-hydroxylation sites is 1. The maximum absolute atomic E-state index is 13.4. The zero-order valence-electron chi connectivity index (χ0n) is 22.2. The average Bonchev–Trinajstić information content (AvgIpc) is 3.10. The Morgan fingerprint density at radius 3 is 2.43 bits per heavy atom. The standard InChI is InChI=1S/C29H37N3O5/c1-6-9-17-30-23-14-12-11-13-22(23)29(4,5)24(30)16-15-21-26(34)31(18-10-7-2)28(36)32(27(21)35)19-20-37-25(33)8-3/h8,11-15,34H,3,6-7,9-10,17-20H2,1-2,4-5H3. The van der Waals surface area contributed by atoms with Gasteiger partial charge in [0.1, 0.15) is 12.2 Å². The molecule has 0 saturated heterocycles. The predicted octanol–water partition coefficient (Wildman–Crippen LogP) is 4.34. The molecule has 1 aliphatic heterocycles. The predicted molar refractivity (Wildman–Crippen MR) is 146 cm³/mol. The second-order valence-electron chi connectivity index (χ2n) is 9.64. The van der Waals surface area contributed by atoms with E-state index in [-0.39, 0.29) is 36.6 Å². The summed E-state index contributed by atoms with van der Waals surface area (Å²) in [6, 6.07) is 8.20. The number of carbonyl (C=O) groups is 1. The topological polar surface area (TPSA) is 93.8 Å². The maximum Gasteiger partial charge on any atom is 0.333 e. The van der Waals surface area contributed by atoms with Gasteiger partial charge in [-0.2, -0.15) is 0 Å². The number of fused-ring (bicyclic) bond motifs is 1. The van der Waals surface area contributed by atoms with Gasteiger partial charge in [0, 0.05) is 36.3 Å². The minimum atomic E-state index is -0.661. The van der Waals surface area contributed by atoms with Gasteiger partial charge in [-0.05, 0) is 38.3 Å². The number of aromatic nitrogens is 2. The highest BCUT2D eigenvalue weighted by Gasteiger charge is 2.39. The number of hydrogen-bond donors (Lipinski definition) is 1. The van der Waals surface area contributed by atoms with Crippen molar-refractivity contribution < 1.29 is 14.6 Å². The van der Waals surface area contributed by atoms with Crippen LogP contribution in [0, 0.1) is 0 Å². The third kappa shape index (κ3) is 5.65. The maximum atomic E-state index is 13.4. The Bertz CT molecular complexity index is 1340. The number of rotatable bonds is 11. The molecule has 37 heavy (non-hydrogen) atoms. The molecule has 0 saturated carbocycles. The molecule has 2 heterocycles. The third-order valence-electron chi connectivity index (χ3n) is 6.71. The van der Waals surface area contributed by atoms with Crippen molar-refractivity contribution in [2.45, 2.75) is 71.9 Å². The summed E-state index contributed by atoms with van der Waals surface area (Å²) in [5.74, 6) is -1.03. The molecule has 0 atom stereocenters. The average molecular weight is 508 g/mol. The Kier molecular flexibility index (Phi) is 9.00. The molecule has 0 unspecified atom stereocenters. The number of unbranched alkanes of at least 4 members (excludes halogenated alkanes) is 2. The summed E-state index contributed by atoms with van der Waals surface area (Å²) < 4.78 is 7.18. The summed E-state index contributed by atoms with van der Waals surface area (Å²) in [5, 5.41) is 11.0. The molecule has 8 heteroatoms. The first kappa shape index (κ1) is 27.8. The molecule has 1 aromatic heterocycles. The number of aromatic hydroxyl groups is 1. The van der Waals surface area contributed by atoms with E-state index in [1.807, 2.05) is 19.1 Å². The smallest absolute Gasteiger partial charge is 0.333 e. The monoisotopic (exact) mass is 507 g/mol. The molecule has 0 fully saturated rings. The van der Waals surface area contributed by atoms with Crippen LogP contribution in [-0.2, 0) is 28.0 Å². The molecule has 0 aliphatic carbocycles. The van der Waals surface area contributed by atoms with Crippen LogP contribution in [-0.4, -0.2) is 33.4 Å². The van der Waals surface area contributed by atoms with E-state index in [9.17, 15) is 19.5 Å². The summed E-state index contributed by atoms with van der Waals surface area (Å²) in [6.45, 7) is 12.4. The van der Waals surface area contributed by atoms with Gasteiger partial charge in [-0.3, -0.25) is 13.9 Å². The Morgan fingerprint density at radius 1 is 1.08 bits per heavy atom. The zero-order valence-corrected chi connectivity index (χ0v) is 22.2. The van der Waals surface area contributed by atoms with E-state index < -0.39 is 17.2 Å². The van der Waals surface area contributed by atoms with Crippen molar-refractivity contribution in [3.8, 4) is 5.88 Å². The summed E-state index contributed by atoms with van der Waals surface area (Å²) in [6.07, 6.45) is 5.96. The van der Waals surface area contributed by atoms with Crippen LogP contribution in [0.2, 0.25) is 0 Å². The van der Waals surface area contributed by atoms with Gasteiger partial charge in [-0.25, -0.2) is 9.59 Å². The normalized spacial score (nSPS) is 13.7. The molecule has 0 radical (unpaired) electrons. The van der Waals surface area contributed by atoms with Crippen LogP contribution in [0.1, 0.15) is 64.5 Å². The Hall–Kier alpha value is -3.77. The Labute approximate surface area is 217 Å². The largest absolute Gasteiger partial charge is 0.494 e. The zero-order chi connectivity index (χ0) is 27.2. The molecule has 1 aromatic carbocycles. The molecule has 1 N–H and O–H groups in total. The number of carbonyl (C=O) groups excluding carboxylic acids is 1. The van der Waals surface area contributed by atoms with Gasteiger partial charge in [0.2, 0.25) is 5.88 Å². The lowest BCUT2D eigenvalue weighted by Gasteiger charge is -2.25. The molecular weight excluding hydrogens is 470 g/mol. The van der Waals surface area contributed by atoms with Crippen molar-refractivity contribution in [1.29, 1.82) is 0 Å². The fourth-order valence-electron chi connectivity index (χ4n) is 4.62. The number of hydrogen-bond acceptors (Lipinski definition) is 6. The Balaban J connectivity index is 2.17.